The van der Waals surface area contributed by atoms with Crippen molar-refractivity contribution in [3.63, 3.8) is 0 Å². The first kappa shape index (κ1) is 19.4. The minimum Gasteiger partial charge on any atom is -0.493 e. The predicted molar refractivity (Wildman–Crippen MR) is 113 cm³/mol. The first-order valence-corrected chi connectivity index (χ1v) is 9.34. The van der Waals surface area contributed by atoms with E-state index in [1.54, 1.807) is 39.6 Å². The molecule has 150 valence electrons. The average Bonchev–Trinajstić information content (AvgIpc) is 3.20. The quantitative estimate of drug-likeness (QED) is 0.544. The third-order valence-corrected chi connectivity index (χ3v) is 4.95. The largest absolute Gasteiger partial charge is 0.493 e. The first-order valence-electron chi connectivity index (χ1n) is 9.34. The monoisotopic (exact) mass is 400 g/mol. The summed E-state index contributed by atoms with van der Waals surface area (Å²) < 4.78 is 12.6. The second-order valence-corrected chi connectivity index (χ2v) is 6.78. The molecule has 1 atom stereocenters. The maximum absolute atomic E-state index is 10.2. The van der Waals surface area contributed by atoms with Gasteiger partial charge in [-0.2, -0.15) is 5.26 Å². The zero-order chi connectivity index (χ0) is 21.3. The summed E-state index contributed by atoms with van der Waals surface area (Å²) in [6.45, 7) is 1.70. The topological polar surface area (TPSA) is 93.2 Å². The number of hydrogen-bond donors (Lipinski definition) is 1. The molecule has 0 spiro atoms. The molecule has 2 heterocycles. The third kappa shape index (κ3) is 3.34. The summed E-state index contributed by atoms with van der Waals surface area (Å²) >= 11 is 0. The van der Waals surface area contributed by atoms with Gasteiger partial charge in [-0.25, -0.2) is 9.97 Å². The SMILES string of the molecule is COc1cc2ncn(-c3ccc([C@@H](C)O)c(-c4ccc(C#N)cc4)n3)c2cc1OC. The molecule has 2 aromatic heterocycles. The Kier molecular flexibility index (Phi) is 5.09. The summed E-state index contributed by atoms with van der Waals surface area (Å²) in [5, 5.41) is 19.3. The maximum Gasteiger partial charge on any atom is 0.163 e. The van der Waals surface area contributed by atoms with E-state index >= 15 is 0 Å². The molecule has 0 radical (unpaired) electrons. The van der Waals surface area contributed by atoms with Gasteiger partial charge in [-0.3, -0.25) is 4.57 Å². The number of pyridine rings is 1. The third-order valence-electron chi connectivity index (χ3n) is 4.95. The van der Waals surface area contributed by atoms with Crippen LogP contribution in [0.5, 0.6) is 11.5 Å². The summed E-state index contributed by atoms with van der Waals surface area (Å²) in [4.78, 5) is 9.28. The highest BCUT2D eigenvalue weighted by Crippen LogP contribution is 2.33. The van der Waals surface area contributed by atoms with E-state index in [0.29, 0.717) is 34.1 Å². The number of nitrogens with zero attached hydrogens (tertiary/aromatic N) is 4. The molecular weight excluding hydrogens is 380 g/mol. The van der Waals surface area contributed by atoms with Crippen LogP contribution < -0.4 is 9.47 Å². The van der Waals surface area contributed by atoms with Crippen LogP contribution in [-0.2, 0) is 0 Å². The molecule has 7 heteroatoms. The van der Waals surface area contributed by atoms with Crippen molar-refractivity contribution in [3.8, 4) is 34.6 Å². The lowest BCUT2D eigenvalue weighted by Crippen LogP contribution is -2.03. The Morgan fingerprint density at radius 1 is 1.03 bits per heavy atom. The molecule has 0 aliphatic rings. The van der Waals surface area contributed by atoms with Crippen LogP contribution in [-0.4, -0.2) is 33.9 Å². The van der Waals surface area contributed by atoms with Crippen molar-refractivity contribution >= 4 is 11.0 Å². The van der Waals surface area contributed by atoms with Crippen LogP contribution in [0.1, 0.15) is 24.2 Å². The normalized spacial score (nSPS) is 11.8. The first-order chi connectivity index (χ1) is 14.5. The standard InChI is InChI=1S/C23H20N4O3/c1-14(28)17-8-9-22(26-23(17)16-6-4-15(12-24)5-7-16)27-13-25-18-10-20(29-2)21(30-3)11-19(18)27/h4-11,13-14,28H,1-3H3/t14-/m1/s1. The Morgan fingerprint density at radius 3 is 2.37 bits per heavy atom. The van der Waals surface area contributed by atoms with Gasteiger partial charge >= 0.3 is 0 Å². The van der Waals surface area contributed by atoms with Crippen molar-refractivity contribution in [1.29, 1.82) is 5.26 Å². The van der Waals surface area contributed by atoms with E-state index in [0.717, 1.165) is 16.6 Å². The van der Waals surface area contributed by atoms with Gasteiger partial charge in [-0.05, 0) is 25.1 Å². The van der Waals surface area contributed by atoms with Gasteiger partial charge in [0.05, 0.1) is 48.7 Å². The Hall–Kier alpha value is -3.89. The highest BCUT2D eigenvalue weighted by molar-refractivity contribution is 5.81. The number of hydrogen-bond acceptors (Lipinski definition) is 6. The van der Waals surface area contributed by atoms with E-state index in [1.165, 1.54) is 0 Å². The van der Waals surface area contributed by atoms with Gasteiger partial charge in [0.15, 0.2) is 11.5 Å². The van der Waals surface area contributed by atoms with Crippen molar-refractivity contribution in [2.45, 2.75) is 13.0 Å². The molecule has 0 bridgehead atoms. The maximum atomic E-state index is 10.2. The zero-order valence-electron chi connectivity index (χ0n) is 16.8. The molecule has 4 aromatic rings. The number of aliphatic hydroxyl groups excluding tert-OH is 1. The van der Waals surface area contributed by atoms with Gasteiger partial charge in [0.25, 0.3) is 0 Å². The Bertz CT molecular complexity index is 1250. The van der Waals surface area contributed by atoms with Gasteiger partial charge in [0.2, 0.25) is 0 Å². The highest BCUT2D eigenvalue weighted by Gasteiger charge is 2.16. The molecule has 0 aliphatic heterocycles. The lowest BCUT2D eigenvalue weighted by atomic mass is 10.0. The second-order valence-electron chi connectivity index (χ2n) is 6.78. The van der Waals surface area contributed by atoms with E-state index in [9.17, 15) is 5.11 Å². The molecule has 1 N–H and O–H groups in total. The molecular formula is C23H20N4O3. The minimum atomic E-state index is -0.693. The van der Waals surface area contributed by atoms with Crippen molar-refractivity contribution < 1.29 is 14.6 Å². The van der Waals surface area contributed by atoms with Crippen LogP contribution in [0.25, 0.3) is 28.1 Å². The van der Waals surface area contributed by atoms with Gasteiger partial charge in [0, 0.05) is 23.3 Å². The molecule has 7 nitrogen and oxygen atoms in total. The molecule has 0 unspecified atom stereocenters. The van der Waals surface area contributed by atoms with Crippen LogP contribution in [0.2, 0.25) is 0 Å². The van der Waals surface area contributed by atoms with Crippen LogP contribution >= 0.6 is 0 Å². The molecule has 4 rings (SSSR count). The number of benzene rings is 2. The fraction of sp³-hybridized carbons (Fsp3) is 0.174. The molecule has 2 aromatic carbocycles. The average molecular weight is 400 g/mol. The van der Waals surface area contributed by atoms with Gasteiger partial charge < -0.3 is 14.6 Å². The second kappa shape index (κ2) is 7.85. The van der Waals surface area contributed by atoms with Crippen molar-refractivity contribution in [2.75, 3.05) is 14.2 Å². The van der Waals surface area contributed by atoms with Crippen LogP contribution in [0.15, 0.2) is 54.9 Å². The highest BCUT2D eigenvalue weighted by atomic mass is 16.5. The lowest BCUT2D eigenvalue weighted by molar-refractivity contribution is 0.199. The van der Waals surface area contributed by atoms with Gasteiger partial charge in [0.1, 0.15) is 12.1 Å². The Morgan fingerprint density at radius 2 is 1.73 bits per heavy atom. The number of imidazole rings is 1. The van der Waals surface area contributed by atoms with E-state index in [2.05, 4.69) is 11.1 Å². The number of rotatable bonds is 5. The zero-order valence-corrected chi connectivity index (χ0v) is 16.8. The fourth-order valence-corrected chi connectivity index (χ4v) is 3.38. The summed E-state index contributed by atoms with van der Waals surface area (Å²) in [6.07, 6.45) is 0.998. The summed E-state index contributed by atoms with van der Waals surface area (Å²) in [6, 6.07) is 16.6. The molecule has 30 heavy (non-hydrogen) atoms. The number of ether oxygens (including phenoxy) is 2. The Balaban J connectivity index is 1.89. The summed E-state index contributed by atoms with van der Waals surface area (Å²) in [5.74, 6) is 1.85. The Labute approximate surface area is 173 Å². The van der Waals surface area contributed by atoms with E-state index in [1.807, 2.05) is 41.0 Å². The van der Waals surface area contributed by atoms with Crippen molar-refractivity contribution in [3.05, 3.63) is 66.0 Å². The molecule has 0 saturated carbocycles. The van der Waals surface area contributed by atoms with Crippen molar-refractivity contribution in [1.82, 2.24) is 14.5 Å². The fourth-order valence-electron chi connectivity index (χ4n) is 3.38. The predicted octanol–water partition coefficient (Wildman–Crippen LogP) is 4.03. The van der Waals surface area contributed by atoms with E-state index in [4.69, 9.17) is 19.7 Å². The molecule has 0 amide bonds. The minimum absolute atomic E-state index is 0.565. The van der Waals surface area contributed by atoms with Crippen LogP contribution in [0, 0.1) is 11.3 Å². The molecule has 0 aliphatic carbocycles. The number of nitriles is 1. The summed E-state index contributed by atoms with van der Waals surface area (Å²) in [7, 11) is 3.17. The molecule has 0 saturated heterocycles. The smallest absolute Gasteiger partial charge is 0.163 e. The van der Waals surface area contributed by atoms with Gasteiger partial charge in [-0.15, -0.1) is 0 Å². The van der Waals surface area contributed by atoms with Crippen LogP contribution in [0.4, 0.5) is 0 Å². The number of aliphatic hydroxyl groups is 1. The number of aromatic nitrogens is 3. The van der Waals surface area contributed by atoms with E-state index < -0.39 is 6.10 Å². The lowest BCUT2D eigenvalue weighted by Gasteiger charge is -2.14. The van der Waals surface area contributed by atoms with Crippen LogP contribution in [0.3, 0.4) is 0 Å². The van der Waals surface area contributed by atoms with Gasteiger partial charge in [-0.1, -0.05) is 18.2 Å². The van der Waals surface area contributed by atoms with E-state index in [-0.39, 0.29) is 0 Å². The molecule has 0 fully saturated rings. The van der Waals surface area contributed by atoms with Crippen molar-refractivity contribution in [2.24, 2.45) is 0 Å². The number of fused-ring (bicyclic) bond motifs is 1. The number of methoxy groups -OCH3 is 2. The summed E-state index contributed by atoms with van der Waals surface area (Å²) in [5.41, 5.74) is 4.29.